The second kappa shape index (κ2) is 4.47. The predicted octanol–water partition coefficient (Wildman–Crippen LogP) is 2.42. The first-order valence-corrected chi connectivity index (χ1v) is 7.26. The number of rotatable bonds is 2. The van der Waals surface area contributed by atoms with Crippen LogP contribution in [0.1, 0.15) is 25.3 Å². The van der Waals surface area contributed by atoms with Crippen molar-refractivity contribution < 1.29 is 0 Å². The lowest BCUT2D eigenvalue weighted by Gasteiger charge is -2.42. The van der Waals surface area contributed by atoms with Crippen molar-refractivity contribution in [2.45, 2.75) is 38.4 Å². The van der Waals surface area contributed by atoms with E-state index >= 15 is 0 Å². The molecule has 0 bridgehead atoms. The van der Waals surface area contributed by atoms with Gasteiger partial charge in [0.2, 0.25) is 0 Å². The van der Waals surface area contributed by atoms with E-state index in [4.69, 9.17) is 0 Å². The summed E-state index contributed by atoms with van der Waals surface area (Å²) in [6.07, 6.45) is 2.82. The third-order valence-corrected chi connectivity index (χ3v) is 4.76. The normalized spacial score (nSPS) is 31.8. The fourth-order valence-corrected chi connectivity index (χ4v) is 3.75. The van der Waals surface area contributed by atoms with E-state index in [1.807, 2.05) is 11.3 Å². The first kappa shape index (κ1) is 10.8. The SMILES string of the molecule is C[C@H]1CN2CCC[C@H]2CN1Cc1ccsc1. The lowest BCUT2D eigenvalue weighted by Crippen LogP contribution is -2.54. The van der Waals surface area contributed by atoms with Crippen LogP contribution in [0.25, 0.3) is 0 Å². The van der Waals surface area contributed by atoms with Crippen LogP contribution in [0.15, 0.2) is 16.8 Å². The maximum absolute atomic E-state index is 2.69. The van der Waals surface area contributed by atoms with Crippen LogP contribution in [0, 0.1) is 0 Å². The van der Waals surface area contributed by atoms with E-state index in [-0.39, 0.29) is 0 Å². The molecule has 0 radical (unpaired) electrons. The molecular weight excluding hydrogens is 216 g/mol. The van der Waals surface area contributed by atoms with Crippen LogP contribution in [0.2, 0.25) is 0 Å². The highest BCUT2D eigenvalue weighted by molar-refractivity contribution is 7.07. The van der Waals surface area contributed by atoms with Gasteiger partial charge >= 0.3 is 0 Å². The molecule has 0 unspecified atom stereocenters. The van der Waals surface area contributed by atoms with E-state index in [2.05, 4.69) is 33.6 Å². The summed E-state index contributed by atoms with van der Waals surface area (Å²) in [5, 5.41) is 4.47. The molecule has 0 spiro atoms. The van der Waals surface area contributed by atoms with Gasteiger partial charge in [0.25, 0.3) is 0 Å². The van der Waals surface area contributed by atoms with Gasteiger partial charge < -0.3 is 0 Å². The molecule has 2 aliphatic rings. The van der Waals surface area contributed by atoms with Crippen LogP contribution in [0.3, 0.4) is 0 Å². The lowest BCUT2D eigenvalue weighted by atomic mass is 10.1. The minimum absolute atomic E-state index is 0.717. The molecule has 1 aromatic heterocycles. The summed E-state index contributed by atoms with van der Waals surface area (Å²) < 4.78 is 0. The Labute approximate surface area is 102 Å². The van der Waals surface area contributed by atoms with Gasteiger partial charge in [-0.1, -0.05) is 0 Å². The standard InChI is InChI=1S/C13H20N2S/c1-11-7-14-5-2-3-13(14)9-15(11)8-12-4-6-16-10-12/h4,6,10-11,13H,2-3,5,7-9H2,1H3/t11-,13-/m0/s1. The van der Waals surface area contributed by atoms with Gasteiger partial charge in [-0.25, -0.2) is 0 Å². The molecule has 2 saturated heterocycles. The Morgan fingerprint density at radius 1 is 1.44 bits per heavy atom. The highest BCUT2D eigenvalue weighted by Crippen LogP contribution is 2.25. The molecule has 2 aliphatic heterocycles. The van der Waals surface area contributed by atoms with Gasteiger partial charge in [-0.05, 0) is 48.7 Å². The van der Waals surface area contributed by atoms with Gasteiger partial charge in [-0.2, -0.15) is 11.3 Å². The van der Waals surface area contributed by atoms with Crippen molar-refractivity contribution in [1.82, 2.24) is 9.80 Å². The lowest BCUT2D eigenvalue weighted by molar-refractivity contribution is 0.0541. The summed E-state index contributed by atoms with van der Waals surface area (Å²) in [5.41, 5.74) is 1.49. The van der Waals surface area contributed by atoms with E-state index in [0.717, 1.165) is 12.6 Å². The van der Waals surface area contributed by atoms with Gasteiger partial charge in [0.15, 0.2) is 0 Å². The van der Waals surface area contributed by atoms with Crippen LogP contribution in [0.4, 0.5) is 0 Å². The number of hydrogen-bond donors (Lipinski definition) is 0. The van der Waals surface area contributed by atoms with Gasteiger partial charge in [0.05, 0.1) is 0 Å². The van der Waals surface area contributed by atoms with Crippen molar-refractivity contribution in [1.29, 1.82) is 0 Å². The molecule has 0 N–H and O–H groups in total. The molecule has 3 heteroatoms. The number of nitrogens with zero attached hydrogens (tertiary/aromatic N) is 2. The fraction of sp³-hybridized carbons (Fsp3) is 0.692. The van der Waals surface area contributed by atoms with Gasteiger partial charge in [0.1, 0.15) is 0 Å². The van der Waals surface area contributed by atoms with Crippen molar-refractivity contribution in [2.24, 2.45) is 0 Å². The van der Waals surface area contributed by atoms with Crippen LogP contribution in [-0.4, -0.2) is 41.5 Å². The topological polar surface area (TPSA) is 6.48 Å². The number of thiophene rings is 1. The summed E-state index contributed by atoms with van der Waals surface area (Å²) in [7, 11) is 0. The van der Waals surface area contributed by atoms with Gasteiger partial charge in [-0.3, -0.25) is 9.80 Å². The molecule has 2 atom stereocenters. The second-order valence-electron chi connectivity index (χ2n) is 5.20. The molecule has 16 heavy (non-hydrogen) atoms. The number of piperazine rings is 1. The Morgan fingerprint density at radius 2 is 2.38 bits per heavy atom. The summed E-state index contributed by atoms with van der Waals surface area (Å²) in [6.45, 7) is 7.41. The largest absolute Gasteiger partial charge is 0.298 e. The molecule has 2 nitrogen and oxygen atoms in total. The average Bonchev–Trinajstić information content (AvgIpc) is 2.89. The Bertz CT molecular complexity index is 336. The van der Waals surface area contributed by atoms with Gasteiger partial charge in [0, 0.05) is 31.7 Å². The second-order valence-corrected chi connectivity index (χ2v) is 5.98. The third kappa shape index (κ3) is 2.04. The molecule has 1 aromatic rings. The van der Waals surface area contributed by atoms with Gasteiger partial charge in [-0.15, -0.1) is 0 Å². The molecular formula is C13H20N2S. The fourth-order valence-electron chi connectivity index (χ4n) is 3.09. The third-order valence-electron chi connectivity index (χ3n) is 4.03. The summed E-state index contributed by atoms with van der Waals surface area (Å²) in [6, 6.07) is 3.82. The molecule has 0 saturated carbocycles. The Hall–Kier alpha value is -0.380. The molecule has 0 aromatic carbocycles. The first-order chi connectivity index (χ1) is 7.83. The van der Waals surface area contributed by atoms with Crippen molar-refractivity contribution in [3.8, 4) is 0 Å². The molecule has 0 amide bonds. The van der Waals surface area contributed by atoms with E-state index in [1.165, 1.54) is 38.0 Å². The average molecular weight is 236 g/mol. The van der Waals surface area contributed by atoms with E-state index in [1.54, 1.807) is 0 Å². The molecule has 2 fully saturated rings. The maximum Gasteiger partial charge on any atom is 0.0246 e. The van der Waals surface area contributed by atoms with Crippen molar-refractivity contribution in [3.63, 3.8) is 0 Å². The highest BCUT2D eigenvalue weighted by atomic mass is 32.1. The summed E-state index contributed by atoms with van der Waals surface area (Å²) in [4.78, 5) is 5.35. The molecule has 0 aliphatic carbocycles. The van der Waals surface area contributed by atoms with Crippen LogP contribution < -0.4 is 0 Å². The Kier molecular flexibility index (Phi) is 3.01. The number of fused-ring (bicyclic) bond motifs is 1. The molecule has 3 rings (SSSR count). The highest BCUT2D eigenvalue weighted by Gasteiger charge is 2.34. The van der Waals surface area contributed by atoms with Crippen molar-refractivity contribution in [2.75, 3.05) is 19.6 Å². The van der Waals surface area contributed by atoms with Crippen LogP contribution in [0.5, 0.6) is 0 Å². The van der Waals surface area contributed by atoms with E-state index in [0.29, 0.717) is 6.04 Å². The predicted molar refractivity (Wildman–Crippen MR) is 68.8 cm³/mol. The molecule has 88 valence electrons. The van der Waals surface area contributed by atoms with Crippen molar-refractivity contribution in [3.05, 3.63) is 22.4 Å². The van der Waals surface area contributed by atoms with Crippen LogP contribution in [-0.2, 0) is 6.54 Å². The van der Waals surface area contributed by atoms with E-state index < -0.39 is 0 Å². The quantitative estimate of drug-likeness (QED) is 0.778. The zero-order chi connectivity index (χ0) is 11.0. The minimum Gasteiger partial charge on any atom is -0.298 e. The smallest absolute Gasteiger partial charge is 0.0246 e. The maximum atomic E-state index is 2.69. The van der Waals surface area contributed by atoms with Crippen molar-refractivity contribution >= 4 is 11.3 Å². The van der Waals surface area contributed by atoms with Crippen LogP contribution >= 0.6 is 11.3 Å². The molecule has 3 heterocycles. The monoisotopic (exact) mass is 236 g/mol. The minimum atomic E-state index is 0.717. The summed E-state index contributed by atoms with van der Waals surface area (Å²) >= 11 is 1.81. The summed E-state index contributed by atoms with van der Waals surface area (Å²) in [5.74, 6) is 0. The number of hydrogen-bond acceptors (Lipinski definition) is 3. The first-order valence-electron chi connectivity index (χ1n) is 6.32. The Balaban J connectivity index is 1.66. The zero-order valence-corrected chi connectivity index (χ0v) is 10.7. The Morgan fingerprint density at radius 3 is 3.19 bits per heavy atom. The van der Waals surface area contributed by atoms with E-state index in [9.17, 15) is 0 Å². The zero-order valence-electron chi connectivity index (χ0n) is 9.93.